The summed E-state index contributed by atoms with van der Waals surface area (Å²) in [7, 11) is 0. The van der Waals surface area contributed by atoms with Crippen LogP contribution in [0.3, 0.4) is 0 Å². The van der Waals surface area contributed by atoms with E-state index in [0.29, 0.717) is 11.1 Å². The van der Waals surface area contributed by atoms with Crippen LogP contribution in [0.1, 0.15) is 20.7 Å². The van der Waals surface area contributed by atoms with Crippen LogP contribution >= 0.6 is 34.8 Å². The van der Waals surface area contributed by atoms with E-state index in [-0.39, 0.29) is 16.9 Å². The summed E-state index contributed by atoms with van der Waals surface area (Å²) >= 11 is 7.07. The number of carbonyl (C=O) groups excluding carboxylic acids is 2. The minimum Gasteiger partial charge on any atom is -0.298 e. The molecular weight excluding hydrogens is 415 g/mol. The molecule has 6 nitrogen and oxygen atoms in total. The van der Waals surface area contributed by atoms with Gasteiger partial charge < -0.3 is 0 Å². The van der Waals surface area contributed by atoms with Gasteiger partial charge in [0, 0.05) is 27.1 Å². The van der Waals surface area contributed by atoms with Gasteiger partial charge in [-0.15, -0.1) is 0 Å². The molecule has 1 aromatic carbocycles. The Kier molecular flexibility index (Phi) is 5.78. The van der Waals surface area contributed by atoms with E-state index in [4.69, 9.17) is 12.2 Å². The summed E-state index contributed by atoms with van der Waals surface area (Å²) in [5.74, 6) is -0.734. The number of nitrogens with one attached hydrogen (secondary N) is 3. The van der Waals surface area contributed by atoms with E-state index in [1.54, 1.807) is 30.3 Å². The summed E-state index contributed by atoms with van der Waals surface area (Å²) < 4.78 is 0.940. The summed E-state index contributed by atoms with van der Waals surface area (Å²) in [4.78, 5) is 27.6. The van der Waals surface area contributed by atoms with Crippen LogP contribution in [0, 0.1) is 3.57 Å². The average Bonchev–Trinajstić information content (AvgIpc) is 2.53. The number of pyridine rings is 1. The predicted molar refractivity (Wildman–Crippen MR) is 94.1 cm³/mol. The number of amides is 2. The lowest BCUT2D eigenvalue weighted by Gasteiger charge is -2.10. The Labute approximate surface area is 145 Å². The van der Waals surface area contributed by atoms with Crippen molar-refractivity contribution < 1.29 is 9.59 Å². The van der Waals surface area contributed by atoms with E-state index in [1.165, 1.54) is 12.4 Å². The lowest BCUT2D eigenvalue weighted by molar-refractivity contribution is 0.0934. The van der Waals surface area contributed by atoms with Crippen molar-refractivity contribution in [2.45, 2.75) is 0 Å². The third kappa shape index (κ3) is 4.74. The minimum atomic E-state index is -0.381. The van der Waals surface area contributed by atoms with Crippen molar-refractivity contribution in [1.82, 2.24) is 21.2 Å². The number of hydrogen-bond donors (Lipinski definition) is 3. The maximum Gasteiger partial charge on any atom is 0.269 e. The largest absolute Gasteiger partial charge is 0.298 e. The molecule has 8 heteroatoms. The van der Waals surface area contributed by atoms with Crippen LogP contribution in [0.4, 0.5) is 0 Å². The molecule has 0 saturated carbocycles. The number of thiocarbonyl (C=S) groups is 1. The smallest absolute Gasteiger partial charge is 0.269 e. The molecule has 0 aliphatic rings. The first-order valence-corrected chi connectivity index (χ1v) is 7.62. The number of nitrogens with zero attached hydrogens (tertiary/aromatic N) is 1. The van der Waals surface area contributed by atoms with Gasteiger partial charge in [-0.1, -0.05) is 6.07 Å². The van der Waals surface area contributed by atoms with E-state index in [0.717, 1.165) is 3.57 Å². The van der Waals surface area contributed by atoms with Gasteiger partial charge in [0.2, 0.25) is 0 Å². The molecule has 2 aromatic rings. The van der Waals surface area contributed by atoms with Crippen LogP contribution in [0.5, 0.6) is 0 Å². The SMILES string of the molecule is O=C(NNC(=S)NC(=O)c1cccc(I)c1)c1ccncc1. The van der Waals surface area contributed by atoms with Gasteiger partial charge in [-0.2, -0.15) is 0 Å². The third-order valence-electron chi connectivity index (χ3n) is 2.55. The fourth-order valence-electron chi connectivity index (χ4n) is 1.53. The number of hydrazine groups is 1. The van der Waals surface area contributed by atoms with Crippen LogP contribution < -0.4 is 16.2 Å². The van der Waals surface area contributed by atoms with Crippen molar-refractivity contribution in [2.75, 3.05) is 0 Å². The molecule has 1 heterocycles. The molecule has 1 aromatic heterocycles. The molecule has 0 unspecified atom stereocenters. The molecular formula is C14H11IN4O2S. The number of aromatic nitrogens is 1. The van der Waals surface area contributed by atoms with E-state index < -0.39 is 0 Å². The van der Waals surface area contributed by atoms with E-state index in [2.05, 4.69) is 43.7 Å². The molecule has 2 amide bonds. The highest BCUT2D eigenvalue weighted by atomic mass is 127. The Morgan fingerprint density at radius 1 is 1.00 bits per heavy atom. The maximum atomic E-state index is 12.0. The predicted octanol–water partition coefficient (Wildman–Crippen LogP) is 1.64. The lowest BCUT2D eigenvalue weighted by Crippen LogP contribution is -2.48. The fourth-order valence-corrected chi connectivity index (χ4v) is 2.21. The fraction of sp³-hybridized carbons (Fsp3) is 0. The highest BCUT2D eigenvalue weighted by Crippen LogP contribution is 2.07. The molecule has 0 radical (unpaired) electrons. The standard InChI is InChI=1S/C14H11IN4O2S/c15-11-3-1-2-10(8-11)12(20)17-14(22)19-18-13(21)9-4-6-16-7-5-9/h1-8H,(H,18,21)(H2,17,19,20,22). The molecule has 0 aliphatic carbocycles. The van der Waals surface area contributed by atoms with Crippen LogP contribution in [-0.2, 0) is 0 Å². The molecule has 3 N–H and O–H groups in total. The van der Waals surface area contributed by atoms with Crippen molar-refractivity contribution in [3.63, 3.8) is 0 Å². The van der Waals surface area contributed by atoms with E-state index in [9.17, 15) is 9.59 Å². The molecule has 0 bridgehead atoms. The second-order valence-electron chi connectivity index (χ2n) is 4.11. The molecule has 2 rings (SSSR count). The summed E-state index contributed by atoms with van der Waals surface area (Å²) in [6.07, 6.45) is 3.01. The number of halogens is 1. The summed E-state index contributed by atoms with van der Waals surface area (Å²) in [6.45, 7) is 0. The molecule has 0 fully saturated rings. The van der Waals surface area contributed by atoms with Gasteiger partial charge >= 0.3 is 0 Å². The zero-order valence-corrected chi connectivity index (χ0v) is 14.1. The normalized spacial score (nSPS) is 9.68. The molecule has 0 spiro atoms. The Morgan fingerprint density at radius 2 is 1.73 bits per heavy atom. The number of hydrogen-bond acceptors (Lipinski definition) is 4. The third-order valence-corrected chi connectivity index (χ3v) is 3.42. The second kappa shape index (κ2) is 7.80. The zero-order valence-electron chi connectivity index (χ0n) is 11.2. The molecule has 22 heavy (non-hydrogen) atoms. The van der Waals surface area contributed by atoms with E-state index in [1.807, 2.05) is 6.07 Å². The molecule has 0 atom stereocenters. The first-order chi connectivity index (χ1) is 10.6. The van der Waals surface area contributed by atoms with Gasteiger partial charge in [-0.3, -0.25) is 30.7 Å². The highest BCUT2D eigenvalue weighted by Gasteiger charge is 2.09. The summed E-state index contributed by atoms with van der Waals surface area (Å²) in [5, 5.41) is 2.49. The van der Waals surface area contributed by atoms with Gasteiger partial charge in [-0.25, -0.2) is 0 Å². The van der Waals surface area contributed by atoms with Gasteiger partial charge in [0.15, 0.2) is 5.11 Å². The van der Waals surface area contributed by atoms with Crippen LogP contribution in [0.2, 0.25) is 0 Å². The van der Waals surface area contributed by atoms with Gasteiger partial charge in [0.25, 0.3) is 11.8 Å². The Morgan fingerprint density at radius 3 is 2.41 bits per heavy atom. The lowest BCUT2D eigenvalue weighted by atomic mass is 10.2. The Bertz CT molecular complexity index is 709. The van der Waals surface area contributed by atoms with Crippen molar-refractivity contribution in [3.05, 3.63) is 63.5 Å². The van der Waals surface area contributed by atoms with Crippen molar-refractivity contribution >= 4 is 51.7 Å². The van der Waals surface area contributed by atoms with Gasteiger partial charge in [0.05, 0.1) is 0 Å². The van der Waals surface area contributed by atoms with Crippen LogP contribution in [0.15, 0.2) is 48.8 Å². The van der Waals surface area contributed by atoms with Crippen LogP contribution in [0.25, 0.3) is 0 Å². The first kappa shape index (κ1) is 16.3. The minimum absolute atomic E-state index is 0.00580. The topological polar surface area (TPSA) is 83.1 Å². The monoisotopic (exact) mass is 426 g/mol. The summed E-state index contributed by atoms with van der Waals surface area (Å²) in [5.41, 5.74) is 5.77. The molecule has 0 saturated heterocycles. The number of benzene rings is 1. The Balaban J connectivity index is 1.86. The molecule has 112 valence electrons. The van der Waals surface area contributed by atoms with Crippen LogP contribution in [-0.4, -0.2) is 21.9 Å². The second-order valence-corrected chi connectivity index (χ2v) is 5.76. The number of carbonyl (C=O) groups is 2. The maximum absolute atomic E-state index is 12.0. The average molecular weight is 426 g/mol. The van der Waals surface area contributed by atoms with E-state index >= 15 is 0 Å². The van der Waals surface area contributed by atoms with Gasteiger partial charge in [0.1, 0.15) is 0 Å². The quantitative estimate of drug-likeness (QED) is 0.387. The highest BCUT2D eigenvalue weighted by molar-refractivity contribution is 14.1. The first-order valence-electron chi connectivity index (χ1n) is 6.13. The Hall–Kier alpha value is -2.07. The zero-order chi connectivity index (χ0) is 15.9. The molecule has 0 aliphatic heterocycles. The summed E-state index contributed by atoms with van der Waals surface area (Å²) in [6, 6.07) is 10.2. The van der Waals surface area contributed by atoms with Crippen molar-refractivity contribution in [3.8, 4) is 0 Å². The van der Waals surface area contributed by atoms with Crippen molar-refractivity contribution in [2.24, 2.45) is 0 Å². The van der Waals surface area contributed by atoms with Crippen molar-refractivity contribution in [1.29, 1.82) is 0 Å². The van der Waals surface area contributed by atoms with Gasteiger partial charge in [-0.05, 0) is 65.1 Å². The number of rotatable bonds is 2.